The number of ketones is 1. The predicted molar refractivity (Wildman–Crippen MR) is 118 cm³/mol. The van der Waals surface area contributed by atoms with Gasteiger partial charge in [0.15, 0.2) is 17.3 Å². The Morgan fingerprint density at radius 3 is 2.55 bits per heavy atom. The number of amides is 3. The Kier molecular flexibility index (Phi) is 6.24. The highest BCUT2D eigenvalue weighted by atomic mass is 16.6. The van der Waals surface area contributed by atoms with E-state index in [1.54, 1.807) is 56.3 Å². The first kappa shape index (κ1) is 22.6. The number of imide groups is 1. The van der Waals surface area contributed by atoms with E-state index < -0.39 is 23.6 Å². The summed E-state index contributed by atoms with van der Waals surface area (Å²) < 4.78 is 16.7. The summed E-state index contributed by atoms with van der Waals surface area (Å²) in [6.07, 6.45) is -0.685. The molecule has 0 bridgehead atoms. The molecule has 174 valence electrons. The SMILES string of the molecule is CCC(=O)c1ccc(OCC(O)CN2C(=O)NC(C)(c3ccc4c(c3)OCCO4)C2=O)cc1. The van der Waals surface area contributed by atoms with Gasteiger partial charge in [-0.3, -0.25) is 14.5 Å². The number of carbonyl (C=O) groups excluding carboxylic acids is 3. The number of urea groups is 1. The number of fused-ring (bicyclic) bond motifs is 1. The Balaban J connectivity index is 1.39. The standard InChI is InChI=1S/C24H26N2O7/c1-3-19(28)15-4-7-18(8-5-15)33-14-17(27)13-26-22(29)24(2,25-23(26)30)16-6-9-20-21(12-16)32-11-10-31-20/h4-9,12,17,27H,3,10-11,13-14H2,1-2H3,(H,25,30). The first-order chi connectivity index (χ1) is 15.8. The van der Waals surface area contributed by atoms with Crippen LogP contribution in [0.5, 0.6) is 17.2 Å². The molecule has 4 rings (SSSR count). The average molecular weight is 454 g/mol. The van der Waals surface area contributed by atoms with Gasteiger partial charge in [0.05, 0.1) is 6.54 Å². The third-order valence-corrected chi connectivity index (χ3v) is 5.73. The minimum Gasteiger partial charge on any atom is -0.491 e. The number of ether oxygens (including phenoxy) is 3. The fourth-order valence-corrected chi connectivity index (χ4v) is 3.81. The summed E-state index contributed by atoms with van der Waals surface area (Å²) in [5.41, 5.74) is -0.155. The van der Waals surface area contributed by atoms with Crippen molar-refractivity contribution in [1.82, 2.24) is 10.2 Å². The van der Waals surface area contributed by atoms with Crippen LogP contribution in [0.25, 0.3) is 0 Å². The Labute approximate surface area is 191 Å². The number of aliphatic hydroxyl groups is 1. The fourth-order valence-electron chi connectivity index (χ4n) is 3.81. The van der Waals surface area contributed by atoms with Gasteiger partial charge >= 0.3 is 6.03 Å². The van der Waals surface area contributed by atoms with Crippen molar-refractivity contribution in [3.05, 3.63) is 53.6 Å². The zero-order chi connectivity index (χ0) is 23.6. The van der Waals surface area contributed by atoms with Crippen LogP contribution in [0, 0.1) is 0 Å². The van der Waals surface area contributed by atoms with Crippen LogP contribution in [0.1, 0.15) is 36.2 Å². The van der Waals surface area contributed by atoms with E-state index in [-0.39, 0.29) is 18.9 Å². The highest BCUT2D eigenvalue weighted by molar-refractivity contribution is 6.07. The van der Waals surface area contributed by atoms with Crippen LogP contribution in [-0.2, 0) is 10.3 Å². The van der Waals surface area contributed by atoms with Gasteiger partial charge in [0.25, 0.3) is 5.91 Å². The largest absolute Gasteiger partial charge is 0.491 e. The number of hydrogen-bond donors (Lipinski definition) is 2. The molecule has 2 aromatic rings. The lowest BCUT2D eigenvalue weighted by Crippen LogP contribution is -2.42. The Hall–Kier alpha value is -3.59. The molecule has 2 aliphatic rings. The van der Waals surface area contributed by atoms with E-state index in [4.69, 9.17) is 14.2 Å². The second kappa shape index (κ2) is 9.11. The van der Waals surface area contributed by atoms with Crippen molar-refractivity contribution in [2.45, 2.75) is 31.9 Å². The van der Waals surface area contributed by atoms with E-state index in [1.165, 1.54) is 0 Å². The summed E-state index contributed by atoms with van der Waals surface area (Å²) in [4.78, 5) is 38.4. The van der Waals surface area contributed by atoms with Crippen molar-refractivity contribution in [1.29, 1.82) is 0 Å². The Bertz CT molecular complexity index is 1070. The molecule has 9 nitrogen and oxygen atoms in total. The van der Waals surface area contributed by atoms with Gasteiger partial charge in [0.1, 0.15) is 37.2 Å². The number of β-amino-alcohol motifs (C(OH)–C–C–N with tert-alkyl or cyclic N) is 1. The third kappa shape index (κ3) is 4.49. The first-order valence-corrected chi connectivity index (χ1v) is 10.8. The van der Waals surface area contributed by atoms with Crippen LogP contribution in [0.3, 0.4) is 0 Å². The molecule has 3 amide bonds. The molecule has 9 heteroatoms. The summed E-state index contributed by atoms with van der Waals surface area (Å²) in [6, 6.07) is 11.1. The smallest absolute Gasteiger partial charge is 0.325 e. The van der Waals surface area contributed by atoms with Gasteiger partial charge in [-0.15, -0.1) is 0 Å². The lowest BCUT2D eigenvalue weighted by atomic mass is 9.91. The maximum Gasteiger partial charge on any atom is 0.325 e. The van der Waals surface area contributed by atoms with Gasteiger partial charge in [-0.05, 0) is 48.9 Å². The van der Waals surface area contributed by atoms with Crippen molar-refractivity contribution < 1.29 is 33.7 Å². The van der Waals surface area contributed by atoms with Crippen LogP contribution in [0.4, 0.5) is 4.79 Å². The molecule has 1 fully saturated rings. The van der Waals surface area contributed by atoms with Gasteiger partial charge in [0, 0.05) is 12.0 Å². The summed E-state index contributed by atoms with van der Waals surface area (Å²) in [5.74, 6) is 1.12. The number of hydrogen-bond acceptors (Lipinski definition) is 7. The van der Waals surface area contributed by atoms with Gasteiger partial charge < -0.3 is 24.6 Å². The van der Waals surface area contributed by atoms with Gasteiger partial charge in [-0.1, -0.05) is 13.0 Å². The Morgan fingerprint density at radius 1 is 1.15 bits per heavy atom. The number of nitrogens with one attached hydrogen (secondary N) is 1. The molecule has 2 unspecified atom stereocenters. The Morgan fingerprint density at radius 2 is 1.85 bits per heavy atom. The van der Waals surface area contributed by atoms with E-state index in [1.807, 2.05) is 0 Å². The monoisotopic (exact) mass is 454 g/mol. The second-order valence-corrected chi connectivity index (χ2v) is 8.10. The molecule has 33 heavy (non-hydrogen) atoms. The normalized spacial score (nSPS) is 20.4. The van der Waals surface area contributed by atoms with Crippen LogP contribution in [0.2, 0.25) is 0 Å². The summed E-state index contributed by atoms with van der Waals surface area (Å²) >= 11 is 0. The van der Waals surface area contributed by atoms with E-state index in [0.29, 0.717) is 48.0 Å². The molecule has 2 N–H and O–H groups in total. The molecular formula is C24H26N2O7. The van der Waals surface area contributed by atoms with E-state index in [9.17, 15) is 19.5 Å². The minimum atomic E-state index is -1.30. The summed E-state index contributed by atoms with van der Waals surface area (Å²) in [7, 11) is 0. The molecule has 0 spiro atoms. The van der Waals surface area contributed by atoms with Gasteiger partial charge in [-0.2, -0.15) is 0 Å². The van der Waals surface area contributed by atoms with Crippen LogP contribution in [0.15, 0.2) is 42.5 Å². The van der Waals surface area contributed by atoms with Gasteiger partial charge in [-0.25, -0.2) is 4.79 Å². The quantitative estimate of drug-likeness (QED) is 0.464. The molecule has 2 heterocycles. The van der Waals surface area contributed by atoms with Gasteiger partial charge in [0.2, 0.25) is 0 Å². The highest BCUT2D eigenvalue weighted by Gasteiger charge is 2.49. The lowest BCUT2D eigenvalue weighted by Gasteiger charge is -2.25. The molecule has 0 aliphatic carbocycles. The topological polar surface area (TPSA) is 114 Å². The summed E-state index contributed by atoms with van der Waals surface area (Å²) in [5, 5.41) is 13.1. The van der Waals surface area contributed by atoms with Crippen molar-refractivity contribution in [3.63, 3.8) is 0 Å². The van der Waals surface area contributed by atoms with Crippen LogP contribution < -0.4 is 19.5 Å². The van der Waals surface area contributed by atoms with Crippen molar-refractivity contribution >= 4 is 17.7 Å². The van der Waals surface area contributed by atoms with Crippen molar-refractivity contribution in [2.75, 3.05) is 26.4 Å². The zero-order valence-corrected chi connectivity index (χ0v) is 18.5. The number of rotatable bonds is 8. The molecule has 1 saturated heterocycles. The number of aliphatic hydroxyl groups excluding tert-OH is 1. The molecule has 0 saturated carbocycles. The van der Waals surface area contributed by atoms with Crippen molar-refractivity contribution in [2.24, 2.45) is 0 Å². The van der Waals surface area contributed by atoms with E-state index in [0.717, 1.165) is 4.90 Å². The third-order valence-electron chi connectivity index (χ3n) is 5.73. The average Bonchev–Trinajstić information content (AvgIpc) is 3.06. The molecule has 2 atom stereocenters. The molecule has 2 aliphatic heterocycles. The number of Topliss-reactive ketones (excluding diaryl/α,β-unsaturated/α-hetero) is 1. The minimum absolute atomic E-state index is 0.0289. The number of nitrogens with zero attached hydrogens (tertiary/aromatic N) is 1. The fraction of sp³-hybridized carbons (Fsp3) is 0.375. The molecule has 0 aromatic heterocycles. The molecular weight excluding hydrogens is 428 g/mol. The zero-order valence-electron chi connectivity index (χ0n) is 18.5. The number of benzene rings is 2. The molecule has 0 radical (unpaired) electrons. The van der Waals surface area contributed by atoms with Crippen LogP contribution >= 0.6 is 0 Å². The lowest BCUT2D eigenvalue weighted by molar-refractivity contribution is -0.132. The maximum atomic E-state index is 13.1. The van der Waals surface area contributed by atoms with E-state index >= 15 is 0 Å². The second-order valence-electron chi connectivity index (χ2n) is 8.10. The maximum absolute atomic E-state index is 13.1. The van der Waals surface area contributed by atoms with Crippen molar-refractivity contribution in [3.8, 4) is 17.2 Å². The first-order valence-electron chi connectivity index (χ1n) is 10.8. The summed E-state index contributed by atoms with van der Waals surface area (Å²) in [6.45, 7) is 3.91. The highest BCUT2D eigenvalue weighted by Crippen LogP contribution is 2.36. The van der Waals surface area contributed by atoms with Crippen LogP contribution in [-0.4, -0.2) is 60.2 Å². The van der Waals surface area contributed by atoms with E-state index in [2.05, 4.69) is 5.32 Å². The number of carbonyl (C=O) groups is 3. The predicted octanol–water partition coefficient (Wildman–Crippen LogP) is 2.26. The molecule has 2 aromatic carbocycles.